The molecule has 0 saturated carbocycles. The predicted octanol–water partition coefficient (Wildman–Crippen LogP) is 2.00. The number of pyridine rings is 1. The molecule has 1 aliphatic heterocycles. The fraction of sp³-hybridized carbons (Fsp3) is 0.333. The topological polar surface area (TPSA) is 57.7 Å². The predicted molar refractivity (Wildman–Crippen MR) is 72.1 cm³/mol. The molecule has 0 spiro atoms. The second kappa shape index (κ2) is 5.98. The number of fused-ring (bicyclic) bond motifs is 1. The van der Waals surface area contributed by atoms with Crippen LogP contribution in [-0.4, -0.2) is 31.3 Å². The molecule has 2 aromatic rings. The maximum absolute atomic E-state index is 10.3. The highest BCUT2D eigenvalue weighted by Gasteiger charge is 2.20. The third-order valence-electron chi connectivity index (χ3n) is 3.26. The van der Waals surface area contributed by atoms with Gasteiger partial charge in [0.05, 0.1) is 31.0 Å². The van der Waals surface area contributed by atoms with Crippen LogP contribution in [0.25, 0.3) is 10.9 Å². The van der Waals surface area contributed by atoms with Crippen LogP contribution in [-0.2, 0) is 25.6 Å². The summed E-state index contributed by atoms with van der Waals surface area (Å²) >= 11 is 0. The van der Waals surface area contributed by atoms with Gasteiger partial charge in [-0.05, 0) is 17.7 Å². The molecule has 20 heavy (non-hydrogen) atoms. The molecule has 1 atom stereocenters. The SMILES string of the molecule is O=COCc1cc(C2COCCO2)c2ccccc2n1. The standard InChI is InChI=1S/C15H15NO4/c17-10-19-8-11-7-13(15-9-18-5-6-20-15)12-3-1-2-4-14(12)16-11/h1-4,7,10,15H,5-6,8-9H2. The van der Waals surface area contributed by atoms with Gasteiger partial charge in [0.1, 0.15) is 12.7 Å². The summed E-state index contributed by atoms with van der Waals surface area (Å²) in [5, 5.41) is 1.04. The highest BCUT2D eigenvalue weighted by atomic mass is 16.6. The van der Waals surface area contributed by atoms with Gasteiger partial charge in [0.2, 0.25) is 0 Å². The van der Waals surface area contributed by atoms with Crippen LogP contribution in [0.2, 0.25) is 0 Å². The van der Waals surface area contributed by atoms with Gasteiger partial charge < -0.3 is 14.2 Å². The van der Waals surface area contributed by atoms with Gasteiger partial charge in [-0.1, -0.05) is 18.2 Å². The van der Waals surface area contributed by atoms with Crippen molar-refractivity contribution in [1.29, 1.82) is 0 Å². The normalized spacial score (nSPS) is 18.9. The first-order valence-corrected chi connectivity index (χ1v) is 6.51. The van der Waals surface area contributed by atoms with Crippen molar-refractivity contribution < 1.29 is 19.0 Å². The zero-order valence-electron chi connectivity index (χ0n) is 11.0. The lowest BCUT2D eigenvalue weighted by Gasteiger charge is -2.24. The average Bonchev–Trinajstić information content (AvgIpc) is 2.53. The van der Waals surface area contributed by atoms with Gasteiger partial charge in [0, 0.05) is 5.39 Å². The Hall–Kier alpha value is -1.98. The smallest absolute Gasteiger partial charge is 0.293 e. The second-order valence-corrected chi connectivity index (χ2v) is 4.56. The summed E-state index contributed by atoms with van der Waals surface area (Å²) < 4.78 is 16.0. The van der Waals surface area contributed by atoms with Crippen molar-refractivity contribution >= 4 is 17.4 Å². The number of aromatic nitrogens is 1. The van der Waals surface area contributed by atoms with E-state index in [9.17, 15) is 4.79 Å². The number of hydrogen-bond donors (Lipinski definition) is 0. The molecule has 1 fully saturated rings. The summed E-state index contributed by atoms with van der Waals surface area (Å²) in [6.07, 6.45) is -0.105. The molecule has 2 heterocycles. The lowest BCUT2D eigenvalue weighted by Crippen LogP contribution is -2.22. The van der Waals surface area contributed by atoms with Crippen LogP contribution < -0.4 is 0 Å². The molecule has 1 aromatic heterocycles. The van der Waals surface area contributed by atoms with Gasteiger partial charge in [0.15, 0.2) is 0 Å². The maximum Gasteiger partial charge on any atom is 0.293 e. The van der Waals surface area contributed by atoms with E-state index in [0.29, 0.717) is 32.0 Å². The summed E-state index contributed by atoms with van der Waals surface area (Å²) in [5.41, 5.74) is 2.60. The average molecular weight is 273 g/mol. The Kier molecular flexibility index (Phi) is 3.90. The fourth-order valence-corrected chi connectivity index (χ4v) is 2.39. The minimum Gasteiger partial charge on any atom is -0.461 e. The van der Waals surface area contributed by atoms with Crippen molar-refractivity contribution in [1.82, 2.24) is 4.98 Å². The van der Waals surface area contributed by atoms with Gasteiger partial charge in [-0.25, -0.2) is 4.98 Å². The van der Waals surface area contributed by atoms with Crippen LogP contribution >= 0.6 is 0 Å². The van der Waals surface area contributed by atoms with E-state index in [0.717, 1.165) is 16.5 Å². The van der Waals surface area contributed by atoms with E-state index in [1.807, 2.05) is 30.3 Å². The summed E-state index contributed by atoms with van der Waals surface area (Å²) in [5.74, 6) is 0. The number of nitrogens with zero attached hydrogens (tertiary/aromatic N) is 1. The molecule has 1 aromatic carbocycles. The molecule has 0 radical (unpaired) electrons. The lowest BCUT2D eigenvalue weighted by atomic mass is 10.0. The molecule has 1 saturated heterocycles. The van der Waals surface area contributed by atoms with Gasteiger partial charge in [-0.15, -0.1) is 0 Å². The molecule has 0 aliphatic carbocycles. The zero-order valence-corrected chi connectivity index (χ0v) is 11.0. The van der Waals surface area contributed by atoms with Crippen molar-refractivity contribution in [2.75, 3.05) is 19.8 Å². The van der Waals surface area contributed by atoms with E-state index in [1.54, 1.807) is 0 Å². The van der Waals surface area contributed by atoms with E-state index in [4.69, 9.17) is 14.2 Å². The van der Waals surface area contributed by atoms with E-state index >= 15 is 0 Å². The van der Waals surface area contributed by atoms with Crippen molar-refractivity contribution in [2.24, 2.45) is 0 Å². The Morgan fingerprint density at radius 2 is 2.25 bits per heavy atom. The van der Waals surface area contributed by atoms with Crippen molar-refractivity contribution in [2.45, 2.75) is 12.7 Å². The summed E-state index contributed by atoms with van der Waals surface area (Å²) in [7, 11) is 0. The van der Waals surface area contributed by atoms with Gasteiger partial charge in [-0.3, -0.25) is 4.79 Å². The van der Waals surface area contributed by atoms with E-state index in [2.05, 4.69) is 4.98 Å². The molecule has 0 N–H and O–H groups in total. The van der Waals surface area contributed by atoms with E-state index in [-0.39, 0.29) is 12.7 Å². The lowest BCUT2D eigenvalue weighted by molar-refractivity contribution is -0.129. The zero-order chi connectivity index (χ0) is 13.8. The molecule has 3 rings (SSSR count). The fourth-order valence-electron chi connectivity index (χ4n) is 2.39. The molecule has 104 valence electrons. The first-order valence-electron chi connectivity index (χ1n) is 6.51. The van der Waals surface area contributed by atoms with Gasteiger partial charge >= 0.3 is 0 Å². The highest BCUT2D eigenvalue weighted by Crippen LogP contribution is 2.28. The number of ether oxygens (including phenoxy) is 3. The maximum atomic E-state index is 10.3. The van der Waals surface area contributed by atoms with Gasteiger partial charge in [-0.2, -0.15) is 0 Å². The minimum atomic E-state index is -0.105. The molecule has 0 bridgehead atoms. The molecule has 1 unspecified atom stereocenters. The van der Waals surface area contributed by atoms with Crippen LogP contribution in [0.15, 0.2) is 30.3 Å². The molecule has 1 aliphatic rings. The minimum absolute atomic E-state index is 0.105. The number of hydrogen-bond acceptors (Lipinski definition) is 5. The number of rotatable bonds is 4. The van der Waals surface area contributed by atoms with Crippen LogP contribution in [0.1, 0.15) is 17.4 Å². The molecule has 5 nitrogen and oxygen atoms in total. The first kappa shape index (κ1) is 13.0. The number of benzene rings is 1. The van der Waals surface area contributed by atoms with Crippen LogP contribution in [0.5, 0.6) is 0 Å². The van der Waals surface area contributed by atoms with Crippen LogP contribution in [0.4, 0.5) is 0 Å². The first-order chi connectivity index (χ1) is 9.88. The van der Waals surface area contributed by atoms with Gasteiger partial charge in [0.25, 0.3) is 6.47 Å². The summed E-state index contributed by atoms with van der Waals surface area (Å²) in [4.78, 5) is 14.8. The van der Waals surface area contributed by atoms with E-state index < -0.39 is 0 Å². The second-order valence-electron chi connectivity index (χ2n) is 4.56. The van der Waals surface area contributed by atoms with Crippen molar-refractivity contribution in [3.05, 3.63) is 41.6 Å². The third kappa shape index (κ3) is 2.64. The third-order valence-corrected chi connectivity index (χ3v) is 3.26. The monoisotopic (exact) mass is 273 g/mol. The molecular weight excluding hydrogens is 258 g/mol. The number of carbonyl (C=O) groups excluding carboxylic acids is 1. The molecular formula is C15H15NO4. The Morgan fingerprint density at radius 1 is 1.35 bits per heavy atom. The number of para-hydroxylation sites is 1. The largest absolute Gasteiger partial charge is 0.461 e. The Balaban J connectivity index is 2.04. The number of carbonyl (C=O) groups is 1. The van der Waals surface area contributed by atoms with Crippen LogP contribution in [0.3, 0.4) is 0 Å². The Bertz CT molecular complexity index is 608. The highest BCUT2D eigenvalue weighted by molar-refractivity contribution is 5.82. The molecule has 5 heteroatoms. The van der Waals surface area contributed by atoms with E-state index in [1.165, 1.54) is 0 Å². The Labute approximate surface area is 116 Å². The molecule has 0 amide bonds. The summed E-state index contributed by atoms with van der Waals surface area (Å²) in [6, 6.07) is 9.78. The quantitative estimate of drug-likeness (QED) is 0.797. The van der Waals surface area contributed by atoms with Crippen LogP contribution in [0, 0.1) is 0 Å². The van der Waals surface area contributed by atoms with Crippen molar-refractivity contribution in [3.8, 4) is 0 Å². The Morgan fingerprint density at radius 3 is 3.05 bits per heavy atom. The van der Waals surface area contributed by atoms with Crippen molar-refractivity contribution in [3.63, 3.8) is 0 Å². The summed E-state index contributed by atoms with van der Waals surface area (Å²) in [6.45, 7) is 2.33.